The number of furan rings is 1. The number of carbonyl (C=O) groups excluding carboxylic acids is 2. The molecule has 2 heterocycles. The lowest BCUT2D eigenvalue weighted by Crippen LogP contribution is -2.48. The molecule has 1 atom stereocenters. The molecule has 1 unspecified atom stereocenters. The molecule has 1 aliphatic heterocycles. The SMILES string of the molecule is COc1cccc(CC(C2CCN(C(=O)C3=CCCC3)CC2)N(C)C(=O)c2ccco2)c1. The van der Waals surface area contributed by atoms with Crippen LogP contribution in [0.25, 0.3) is 0 Å². The maximum Gasteiger partial charge on any atom is 0.289 e. The van der Waals surface area contributed by atoms with Gasteiger partial charge in [0.2, 0.25) is 5.91 Å². The third kappa shape index (κ3) is 4.90. The Morgan fingerprint density at radius 1 is 1.22 bits per heavy atom. The van der Waals surface area contributed by atoms with E-state index in [2.05, 4.69) is 12.1 Å². The van der Waals surface area contributed by atoms with Crippen molar-refractivity contribution in [2.45, 2.75) is 44.6 Å². The van der Waals surface area contributed by atoms with Crippen LogP contribution in [0.5, 0.6) is 5.75 Å². The van der Waals surface area contributed by atoms with Crippen LogP contribution in [0.3, 0.4) is 0 Å². The molecule has 170 valence electrons. The lowest BCUT2D eigenvalue weighted by molar-refractivity contribution is -0.128. The van der Waals surface area contributed by atoms with Crippen LogP contribution in [0.15, 0.2) is 58.7 Å². The van der Waals surface area contributed by atoms with Crippen LogP contribution < -0.4 is 4.74 Å². The largest absolute Gasteiger partial charge is 0.497 e. The van der Waals surface area contributed by atoms with Crippen LogP contribution in [-0.4, -0.2) is 54.9 Å². The van der Waals surface area contributed by atoms with Crippen molar-refractivity contribution >= 4 is 11.8 Å². The van der Waals surface area contributed by atoms with Gasteiger partial charge in [-0.2, -0.15) is 0 Å². The number of ether oxygens (including phenoxy) is 1. The predicted octanol–water partition coefficient (Wildman–Crippen LogP) is 4.32. The second-order valence-electron chi connectivity index (χ2n) is 8.77. The zero-order chi connectivity index (χ0) is 22.5. The van der Waals surface area contributed by atoms with Crippen molar-refractivity contribution in [1.29, 1.82) is 0 Å². The van der Waals surface area contributed by atoms with Crippen molar-refractivity contribution in [2.75, 3.05) is 27.2 Å². The number of nitrogens with zero attached hydrogens (tertiary/aromatic N) is 2. The molecule has 0 N–H and O–H groups in total. The Morgan fingerprint density at radius 3 is 2.69 bits per heavy atom. The third-order valence-corrected chi connectivity index (χ3v) is 6.82. The molecule has 4 rings (SSSR count). The Bertz CT molecular complexity index is 958. The van der Waals surface area contributed by atoms with Gasteiger partial charge in [0.15, 0.2) is 5.76 Å². The standard InChI is InChI=1S/C26H32N2O4/c1-27(26(30)24-11-6-16-32-24)23(18-19-7-5-10-22(17-19)31-2)20-12-14-28(15-13-20)25(29)21-8-3-4-9-21/h5-8,10-11,16-17,20,23H,3-4,9,12-15,18H2,1-2H3. The van der Waals surface area contributed by atoms with Crippen LogP contribution in [0.2, 0.25) is 0 Å². The lowest BCUT2D eigenvalue weighted by Gasteiger charge is -2.40. The van der Waals surface area contributed by atoms with Crippen LogP contribution in [0, 0.1) is 5.92 Å². The van der Waals surface area contributed by atoms with E-state index in [4.69, 9.17) is 9.15 Å². The Morgan fingerprint density at radius 2 is 2.03 bits per heavy atom. The molecule has 1 saturated heterocycles. The summed E-state index contributed by atoms with van der Waals surface area (Å²) < 4.78 is 10.8. The second-order valence-corrected chi connectivity index (χ2v) is 8.77. The molecule has 6 heteroatoms. The van der Waals surface area contributed by atoms with Gasteiger partial charge in [-0.3, -0.25) is 9.59 Å². The number of likely N-dealkylation sites (tertiary alicyclic amines) is 1. The topological polar surface area (TPSA) is 63.0 Å². The minimum Gasteiger partial charge on any atom is -0.497 e. The normalized spacial score (nSPS) is 17.7. The highest BCUT2D eigenvalue weighted by Gasteiger charge is 2.34. The summed E-state index contributed by atoms with van der Waals surface area (Å²) in [6.45, 7) is 1.47. The Labute approximate surface area is 189 Å². The third-order valence-electron chi connectivity index (χ3n) is 6.82. The van der Waals surface area contributed by atoms with E-state index >= 15 is 0 Å². The Kier molecular flexibility index (Phi) is 6.98. The molecular formula is C26H32N2O4. The summed E-state index contributed by atoms with van der Waals surface area (Å²) in [6, 6.07) is 11.5. The maximum absolute atomic E-state index is 13.1. The fourth-order valence-corrected chi connectivity index (χ4v) is 4.94. The van der Waals surface area contributed by atoms with Crippen molar-refractivity contribution < 1.29 is 18.7 Å². The molecule has 2 amide bonds. The average Bonchev–Trinajstić information content (AvgIpc) is 3.56. The van der Waals surface area contributed by atoms with E-state index in [9.17, 15) is 9.59 Å². The first-order chi connectivity index (χ1) is 15.6. The first-order valence-corrected chi connectivity index (χ1v) is 11.5. The molecular weight excluding hydrogens is 404 g/mol. The quantitative estimate of drug-likeness (QED) is 0.649. The van der Waals surface area contributed by atoms with E-state index in [0.717, 1.165) is 68.5 Å². The smallest absolute Gasteiger partial charge is 0.289 e. The Balaban J connectivity index is 1.49. The van der Waals surface area contributed by atoms with Crippen LogP contribution in [0.4, 0.5) is 0 Å². The number of amides is 2. The summed E-state index contributed by atoms with van der Waals surface area (Å²) in [7, 11) is 3.52. The van der Waals surface area contributed by atoms with Gasteiger partial charge in [-0.1, -0.05) is 18.2 Å². The van der Waals surface area contributed by atoms with Crippen LogP contribution in [0.1, 0.15) is 48.2 Å². The van der Waals surface area contributed by atoms with Gasteiger partial charge in [0, 0.05) is 31.8 Å². The van der Waals surface area contributed by atoms with E-state index in [1.54, 1.807) is 19.2 Å². The summed E-state index contributed by atoms with van der Waals surface area (Å²) in [5.41, 5.74) is 2.10. The van der Waals surface area contributed by atoms with Gasteiger partial charge < -0.3 is 19.0 Å². The van der Waals surface area contributed by atoms with Gasteiger partial charge in [-0.25, -0.2) is 0 Å². The number of rotatable bonds is 7. The summed E-state index contributed by atoms with van der Waals surface area (Å²) in [4.78, 5) is 29.7. The van der Waals surface area contributed by atoms with Crippen molar-refractivity contribution in [2.24, 2.45) is 5.92 Å². The fourth-order valence-electron chi connectivity index (χ4n) is 4.94. The minimum absolute atomic E-state index is 0.00246. The van der Waals surface area contributed by atoms with Gasteiger partial charge in [0.1, 0.15) is 5.75 Å². The number of methoxy groups -OCH3 is 1. The number of piperidine rings is 1. The van der Waals surface area contributed by atoms with Gasteiger partial charge >= 0.3 is 0 Å². The number of allylic oxidation sites excluding steroid dienone is 1. The second kappa shape index (κ2) is 10.1. The molecule has 2 aromatic rings. The fraction of sp³-hybridized carbons (Fsp3) is 0.462. The average molecular weight is 437 g/mol. The first-order valence-electron chi connectivity index (χ1n) is 11.5. The van der Waals surface area contributed by atoms with Crippen molar-refractivity contribution in [1.82, 2.24) is 9.80 Å². The molecule has 32 heavy (non-hydrogen) atoms. The molecule has 2 aliphatic rings. The molecule has 6 nitrogen and oxygen atoms in total. The molecule has 1 aromatic carbocycles. The van der Waals surface area contributed by atoms with Crippen molar-refractivity contribution in [3.8, 4) is 5.75 Å². The van der Waals surface area contributed by atoms with Crippen molar-refractivity contribution in [3.63, 3.8) is 0 Å². The zero-order valence-corrected chi connectivity index (χ0v) is 19.0. The van der Waals surface area contributed by atoms with Gasteiger partial charge in [0.05, 0.1) is 13.4 Å². The summed E-state index contributed by atoms with van der Waals surface area (Å²) in [6.07, 6.45) is 9.10. The summed E-state index contributed by atoms with van der Waals surface area (Å²) >= 11 is 0. The van der Waals surface area contributed by atoms with E-state index < -0.39 is 0 Å². The van der Waals surface area contributed by atoms with Gasteiger partial charge in [-0.15, -0.1) is 0 Å². The molecule has 0 spiro atoms. The minimum atomic E-state index is -0.113. The number of benzene rings is 1. The molecule has 1 aromatic heterocycles. The molecule has 0 bridgehead atoms. The van der Waals surface area contributed by atoms with Crippen LogP contribution in [-0.2, 0) is 11.2 Å². The number of likely N-dealkylation sites (N-methyl/N-ethyl adjacent to an activating group) is 1. The highest BCUT2D eigenvalue weighted by Crippen LogP contribution is 2.30. The number of hydrogen-bond acceptors (Lipinski definition) is 4. The molecule has 0 radical (unpaired) electrons. The monoisotopic (exact) mass is 436 g/mol. The highest BCUT2D eigenvalue weighted by atomic mass is 16.5. The first kappa shape index (κ1) is 22.2. The number of carbonyl (C=O) groups is 2. The van der Waals surface area contributed by atoms with E-state index in [1.807, 2.05) is 35.0 Å². The maximum atomic E-state index is 13.1. The molecule has 1 aliphatic carbocycles. The lowest BCUT2D eigenvalue weighted by atomic mass is 9.84. The van der Waals surface area contributed by atoms with E-state index in [0.29, 0.717) is 11.7 Å². The van der Waals surface area contributed by atoms with Crippen LogP contribution >= 0.6 is 0 Å². The van der Waals surface area contributed by atoms with Gasteiger partial charge in [-0.05, 0) is 74.3 Å². The summed E-state index contributed by atoms with van der Waals surface area (Å²) in [5, 5.41) is 0. The predicted molar refractivity (Wildman–Crippen MR) is 123 cm³/mol. The molecule has 0 saturated carbocycles. The molecule has 1 fully saturated rings. The highest BCUT2D eigenvalue weighted by molar-refractivity contribution is 5.94. The van der Waals surface area contributed by atoms with E-state index in [-0.39, 0.29) is 17.9 Å². The van der Waals surface area contributed by atoms with Crippen molar-refractivity contribution in [3.05, 3.63) is 65.6 Å². The Hall–Kier alpha value is -3.02. The summed E-state index contributed by atoms with van der Waals surface area (Å²) in [5.74, 6) is 1.55. The number of hydrogen-bond donors (Lipinski definition) is 0. The van der Waals surface area contributed by atoms with Gasteiger partial charge in [0.25, 0.3) is 5.91 Å². The zero-order valence-electron chi connectivity index (χ0n) is 19.0. The van der Waals surface area contributed by atoms with E-state index in [1.165, 1.54) is 6.26 Å².